The van der Waals surface area contributed by atoms with Gasteiger partial charge in [0.15, 0.2) is 0 Å². The van der Waals surface area contributed by atoms with Crippen molar-refractivity contribution in [2.45, 2.75) is 13.0 Å². The Morgan fingerprint density at radius 2 is 2.00 bits per heavy atom. The molecule has 0 saturated heterocycles. The third-order valence-corrected chi connectivity index (χ3v) is 3.80. The minimum atomic E-state index is -1.02. The molecule has 0 saturated carbocycles. The topological polar surface area (TPSA) is 68.0 Å². The van der Waals surface area contributed by atoms with E-state index in [1.807, 2.05) is 31.2 Å². The van der Waals surface area contributed by atoms with Gasteiger partial charge in [0.05, 0.1) is 17.1 Å². The van der Waals surface area contributed by atoms with E-state index in [-0.39, 0.29) is 11.6 Å². The number of benzene rings is 2. The van der Waals surface area contributed by atoms with Crippen molar-refractivity contribution in [2.24, 2.45) is 0 Å². The lowest BCUT2D eigenvalue weighted by Gasteiger charge is -2.14. The summed E-state index contributed by atoms with van der Waals surface area (Å²) in [5, 5.41) is 17.9. The number of halogens is 1. The number of nitrogens with zero attached hydrogens (tertiary/aromatic N) is 3. The molecule has 106 valence electrons. The molecular weight excluding hydrogens is 290 g/mol. The molecule has 0 fully saturated rings. The summed E-state index contributed by atoms with van der Waals surface area (Å²) in [7, 11) is 0. The quantitative estimate of drug-likeness (QED) is 0.805. The fourth-order valence-electron chi connectivity index (χ4n) is 2.37. The van der Waals surface area contributed by atoms with Crippen molar-refractivity contribution in [2.75, 3.05) is 0 Å². The predicted molar refractivity (Wildman–Crippen MR) is 79.8 cm³/mol. The molecule has 1 atom stereocenters. The molecular formula is C15H12ClN3O2. The van der Waals surface area contributed by atoms with Crippen LogP contribution in [0.2, 0.25) is 5.02 Å². The summed E-state index contributed by atoms with van der Waals surface area (Å²) < 4.78 is 1.68. The number of fused-ring (bicyclic) bond motifs is 1. The van der Waals surface area contributed by atoms with Gasteiger partial charge in [0.25, 0.3) is 0 Å². The SMILES string of the molecule is CC(c1ccccc1Cl)n1nnc2c(C(=O)O)cccc21. The van der Waals surface area contributed by atoms with E-state index >= 15 is 0 Å². The van der Waals surface area contributed by atoms with Crippen LogP contribution < -0.4 is 0 Å². The van der Waals surface area contributed by atoms with E-state index in [1.54, 1.807) is 16.8 Å². The van der Waals surface area contributed by atoms with E-state index in [1.165, 1.54) is 6.07 Å². The minimum Gasteiger partial charge on any atom is -0.478 e. The molecule has 0 amide bonds. The van der Waals surface area contributed by atoms with Gasteiger partial charge in [0, 0.05) is 5.02 Å². The van der Waals surface area contributed by atoms with Crippen molar-refractivity contribution in [3.8, 4) is 0 Å². The number of carboxylic acids is 1. The molecule has 6 heteroatoms. The predicted octanol–water partition coefficient (Wildman–Crippen LogP) is 3.39. The van der Waals surface area contributed by atoms with Crippen LogP contribution in [-0.4, -0.2) is 26.1 Å². The first kappa shape index (κ1) is 13.6. The van der Waals surface area contributed by atoms with Gasteiger partial charge >= 0.3 is 5.97 Å². The second kappa shape index (κ2) is 5.18. The van der Waals surface area contributed by atoms with Gasteiger partial charge < -0.3 is 5.11 Å². The van der Waals surface area contributed by atoms with Crippen molar-refractivity contribution >= 4 is 28.6 Å². The Labute approximate surface area is 125 Å². The smallest absolute Gasteiger partial charge is 0.338 e. The maximum atomic E-state index is 11.2. The van der Waals surface area contributed by atoms with E-state index in [2.05, 4.69) is 10.3 Å². The largest absolute Gasteiger partial charge is 0.478 e. The van der Waals surface area contributed by atoms with Gasteiger partial charge in [-0.1, -0.05) is 41.1 Å². The second-order valence-corrected chi connectivity index (χ2v) is 5.12. The Balaban J connectivity index is 2.16. The third-order valence-electron chi connectivity index (χ3n) is 3.46. The molecule has 1 heterocycles. The molecule has 0 bridgehead atoms. The molecule has 1 unspecified atom stereocenters. The van der Waals surface area contributed by atoms with Gasteiger partial charge in [0.1, 0.15) is 5.52 Å². The molecule has 3 aromatic rings. The molecule has 21 heavy (non-hydrogen) atoms. The molecule has 0 spiro atoms. The first-order valence-corrected chi connectivity index (χ1v) is 6.79. The number of carboxylic acid groups (broad SMARTS) is 1. The first-order chi connectivity index (χ1) is 10.1. The van der Waals surface area contributed by atoms with Crippen molar-refractivity contribution < 1.29 is 9.90 Å². The van der Waals surface area contributed by atoms with Gasteiger partial charge in [-0.15, -0.1) is 5.10 Å². The summed E-state index contributed by atoms with van der Waals surface area (Å²) in [6, 6.07) is 12.4. The van der Waals surface area contributed by atoms with Crippen LogP contribution in [0, 0.1) is 0 Å². The van der Waals surface area contributed by atoms with Crippen molar-refractivity contribution in [3.05, 3.63) is 58.6 Å². The molecule has 0 aliphatic carbocycles. The van der Waals surface area contributed by atoms with E-state index < -0.39 is 5.97 Å². The van der Waals surface area contributed by atoms with E-state index in [4.69, 9.17) is 11.6 Å². The van der Waals surface area contributed by atoms with E-state index in [0.717, 1.165) is 5.56 Å². The number of hydrogen-bond donors (Lipinski definition) is 1. The normalized spacial score (nSPS) is 12.5. The van der Waals surface area contributed by atoms with Gasteiger partial charge in [-0.2, -0.15) is 0 Å². The highest BCUT2D eigenvalue weighted by molar-refractivity contribution is 6.31. The lowest BCUT2D eigenvalue weighted by atomic mass is 10.1. The van der Waals surface area contributed by atoms with Crippen LogP contribution in [0.15, 0.2) is 42.5 Å². The van der Waals surface area contributed by atoms with Gasteiger partial charge in [-0.3, -0.25) is 0 Å². The molecule has 3 rings (SSSR count). The van der Waals surface area contributed by atoms with Gasteiger partial charge in [-0.05, 0) is 30.7 Å². The maximum absolute atomic E-state index is 11.2. The minimum absolute atomic E-state index is 0.144. The first-order valence-electron chi connectivity index (χ1n) is 6.41. The van der Waals surface area contributed by atoms with Gasteiger partial charge in [0.2, 0.25) is 0 Å². The molecule has 0 aliphatic heterocycles. The van der Waals surface area contributed by atoms with Crippen LogP contribution in [0.25, 0.3) is 11.0 Å². The highest BCUT2D eigenvalue weighted by Crippen LogP contribution is 2.28. The Bertz CT molecular complexity index is 829. The standard InChI is InChI=1S/C15H12ClN3O2/c1-9(10-5-2-3-7-12(10)16)19-13-8-4-6-11(15(20)21)14(13)17-18-19/h2-9H,1H3,(H,20,21). The van der Waals surface area contributed by atoms with Crippen LogP contribution in [0.4, 0.5) is 0 Å². The van der Waals surface area contributed by atoms with E-state index in [9.17, 15) is 9.90 Å². The summed E-state index contributed by atoms with van der Waals surface area (Å²) in [6.45, 7) is 1.95. The average Bonchev–Trinajstić information content (AvgIpc) is 2.90. The summed E-state index contributed by atoms with van der Waals surface area (Å²) in [5.74, 6) is -1.02. The zero-order valence-electron chi connectivity index (χ0n) is 11.2. The Kier molecular flexibility index (Phi) is 3.35. The zero-order chi connectivity index (χ0) is 15.0. The molecule has 2 aromatic carbocycles. The average molecular weight is 302 g/mol. The van der Waals surface area contributed by atoms with Crippen LogP contribution in [0.3, 0.4) is 0 Å². The van der Waals surface area contributed by atoms with Crippen molar-refractivity contribution in [3.63, 3.8) is 0 Å². The lowest BCUT2D eigenvalue weighted by Crippen LogP contribution is -2.09. The summed E-state index contributed by atoms with van der Waals surface area (Å²) >= 11 is 6.21. The van der Waals surface area contributed by atoms with Crippen LogP contribution in [0.5, 0.6) is 0 Å². The van der Waals surface area contributed by atoms with Crippen LogP contribution >= 0.6 is 11.6 Å². The third kappa shape index (κ3) is 2.25. The Morgan fingerprint density at radius 1 is 1.24 bits per heavy atom. The van der Waals surface area contributed by atoms with Crippen molar-refractivity contribution in [1.82, 2.24) is 15.0 Å². The van der Waals surface area contributed by atoms with Crippen LogP contribution in [-0.2, 0) is 0 Å². The Hall–Kier alpha value is -2.40. The molecule has 0 aliphatic rings. The van der Waals surface area contributed by atoms with Crippen molar-refractivity contribution in [1.29, 1.82) is 0 Å². The van der Waals surface area contributed by atoms with Crippen LogP contribution in [0.1, 0.15) is 28.9 Å². The number of hydrogen-bond acceptors (Lipinski definition) is 3. The lowest BCUT2D eigenvalue weighted by molar-refractivity contribution is 0.0699. The molecule has 0 radical (unpaired) electrons. The monoisotopic (exact) mass is 301 g/mol. The summed E-state index contributed by atoms with van der Waals surface area (Å²) in [4.78, 5) is 11.2. The number of aromatic nitrogens is 3. The van der Waals surface area contributed by atoms with E-state index in [0.29, 0.717) is 16.1 Å². The molecule has 1 aromatic heterocycles. The molecule has 5 nitrogen and oxygen atoms in total. The fraction of sp³-hybridized carbons (Fsp3) is 0.133. The number of rotatable bonds is 3. The summed E-state index contributed by atoms with van der Waals surface area (Å²) in [5.41, 5.74) is 2.10. The molecule has 1 N–H and O–H groups in total. The van der Waals surface area contributed by atoms with Gasteiger partial charge in [-0.25, -0.2) is 9.48 Å². The maximum Gasteiger partial charge on any atom is 0.338 e. The zero-order valence-corrected chi connectivity index (χ0v) is 11.9. The highest BCUT2D eigenvalue weighted by Gasteiger charge is 2.18. The highest BCUT2D eigenvalue weighted by atomic mass is 35.5. The summed E-state index contributed by atoms with van der Waals surface area (Å²) in [6.07, 6.45) is 0. The second-order valence-electron chi connectivity index (χ2n) is 4.71. The number of carbonyl (C=O) groups is 1. The number of aromatic carboxylic acids is 1. The fourth-order valence-corrected chi connectivity index (χ4v) is 2.66. The Morgan fingerprint density at radius 3 is 2.71 bits per heavy atom.